The summed E-state index contributed by atoms with van der Waals surface area (Å²) in [6.45, 7) is 4.08. The SMILES string of the molecule is CC(C)Nc1ncnc(N(C)C)c1N. The number of hydrogen-bond donors (Lipinski definition) is 2. The first kappa shape index (κ1) is 10.6. The van der Waals surface area contributed by atoms with Crippen LogP contribution in [0.4, 0.5) is 17.3 Å². The van der Waals surface area contributed by atoms with Gasteiger partial charge in [-0.2, -0.15) is 0 Å². The summed E-state index contributed by atoms with van der Waals surface area (Å²) < 4.78 is 0. The number of nitrogens with zero attached hydrogens (tertiary/aromatic N) is 3. The van der Waals surface area contributed by atoms with E-state index in [1.165, 1.54) is 6.33 Å². The lowest BCUT2D eigenvalue weighted by molar-refractivity contribution is 0.885. The highest BCUT2D eigenvalue weighted by atomic mass is 15.2. The average molecular weight is 195 g/mol. The Hall–Kier alpha value is -1.52. The van der Waals surface area contributed by atoms with Gasteiger partial charge in [-0.3, -0.25) is 0 Å². The molecule has 14 heavy (non-hydrogen) atoms. The van der Waals surface area contributed by atoms with Crippen molar-refractivity contribution in [1.82, 2.24) is 9.97 Å². The molecular weight excluding hydrogens is 178 g/mol. The van der Waals surface area contributed by atoms with E-state index in [-0.39, 0.29) is 0 Å². The topological polar surface area (TPSA) is 67.1 Å². The van der Waals surface area contributed by atoms with Crippen LogP contribution in [0.25, 0.3) is 0 Å². The zero-order chi connectivity index (χ0) is 10.7. The molecule has 0 unspecified atom stereocenters. The predicted molar refractivity (Wildman–Crippen MR) is 59.5 cm³/mol. The molecule has 0 saturated carbocycles. The molecule has 1 rings (SSSR count). The Morgan fingerprint density at radius 3 is 2.50 bits per heavy atom. The van der Waals surface area contributed by atoms with Gasteiger partial charge in [0.2, 0.25) is 0 Å². The van der Waals surface area contributed by atoms with Gasteiger partial charge in [-0.05, 0) is 13.8 Å². The van der Waals surface area contributed by atoms with E-state index in [9.17, 15) is 0 Å². The van der Waals surface area contributed by atoms with E-state index in [0.717, 1.165) is 5.82 Å². The van der Waals surface area contributed by atoms with E-state index in [4.69, 9.17) is 5.73 Å². The Morgan fingerprint density at radius 1 is 1.36 bits per heavy atom. The first-order valence-corrected chi connectivity index (χ1v) is 4.56. The molecule has 78 valence electrons. The third-order valence-corrected chi connectivity index (χ3v) is 1.71. The second-order valence-corrected chi connectivity index (χ2v) is 3.65. The van der Waals surface area contributed by atoms with Crippen molar-refractivity contribution in [3.63, 3.8) is 0 Å². The standard InChI is InChI=1S/C9H17N5/c1-6(2)13-8-7(10)9(14(3)4)12-5-11-8/h5-6H,10H2,1-4H3,(H,11,12,13). The minimum atomic E-state index is 0.308. The molecule has 1 heterocycles. The van der Waals surface area contributed by atoms with E-state index in [1.54, 1.807) is 0 Å². The van der Waals surface area contributed by atoms with Crippen LogP contribution in [0.15, 0.2) is 6.33 Å². The fraction of sp³-hybridized carbons (Fsp3) is 0.556. The third-order valence-electron chi connectivity index (χ3n) is 1.71. The zero-order valence-electron chi connectivity index (χ0n) is 9.07. The molecule has 0 aliphatic heterocycles. The van der Waals surface area contributed by atoms with Gasteiger partial charge < -0.3 is 16.0 Å². The van der Waals surface area contributed by atoms with Gasteiger partial charge >= 0.3 is 0 Å². The minimum Gasteiger partial charge on any atom is -0.393 e. The third kappa shape index (κ3) is 2.25. The fourth-order valence-electron chi connectivity index (χ4n) is 1.13. The van der Waals surface area contributed by atoms with Crippen LogP contribution in [-0.2, 0) is 0 Å². The Morgan fingerprint density at radius 2 is 2.00 bits per heavy atom. The lowest BCUT2D eigenvalue weighted by Crippen LogP contribution is -2.17. The molecule has 0 spiro atoms. The Kier molecular flexibility index (Phi) is 3.11. The molecule has 0 saturated heterocycles. The van der Waals surface area contributed by atoms with Crippen molar-refractivity contribution in [3.05, 3.63) is 6.33 Å². The molecule has 0 amide bonds. The number of nitrogen functional groups attached to an aromatic ring is 1. The molecule has 0 aliphatic carbocycles. The second-order valence-electron chi connectivity index (χ2n) is 3.65. The van der Waals surface area contributed by atoms with Crippen LogP contribution in [0.5, 0.6) is 0 Å². The highest BCUT2D eigenvalue weighted by Gasteiger charge is 2.09. The van der Waals surface area contributed by atoms with E-state index >= 15 is 0 Å². The highest BCUT2D eigenvalue weighted by molar-refractivity contribution is 5.74. The van der Waals surface area contributed by atoms with Crippen LogP contribution in [0, 0.1) is 0 Å². The average Bonchev–Trinajstić information content (AvgIpc) is 2.07. The van der Waals surface area contributed by atoms with Crippen molar-refractivity contribution >= 4 is 17.3 Å². The van der Waals surface area contributed by atoms with Gasteiger partial charge in [0.05, 0.1) is 0 Å². The van der Waals surface area contributed by atoms with Crippen LogP contribution >= 0.6 is 0 Å². The summed E-state index contributed by atoms with van der Waals surface area (Å²) in [5.41, 5.74) is 6.49. The number of nitrogens with one attached hydrogen (secondary N) is 1. The van der Waals surface area contributed by atoms with Gasteiger partial charge in [0, 0.05) is 20.1 Å². The van der Waals surface area contributed by atoms with Crippen LogP contribution < -0.4 is 16.0 Å². The van der Waals surface area contributed by atoms with Crippen LogP contribution in [0.3, 0.4) is 0 Å². The first-order valence-electron chi connectivity index (χ1n) is 4.56. The molecule has 5 nitrogen and oxygen atoms in total. The van der Waals surface area contributed by atoms with Crippen LogP contribution in [0.2, 0.25) is 0 Å². The van der Waals surface area contributed by atoms with Gasteiger partial charge in [-0.25, -0.2) is 9.97 Å². The molecule has 0 aromatic carbocycles. The molecule has 0 bridgehead atoms. The van der Waals surface area contributed by atoms with Gasteiger partial charge in [0.25, 0.3) is 0 Å². The number of anilines is 3. The molecule has 0 fully saturated rings. The minimum absolute atomic E-state index is 0.308. The van der Waals surface area contributed by atoms with E-state index in [2.05, 4.69) is 15.3 Å². The van der Waals surface area contributed by atoms with Crippen LogP contribution in [-0.4, -0.2) is 30.1 Å². The maximum Gasteiger partial charge on any atom is 0.156 e. The van der Waals surface area contributed by atoms with Gasteiger partial charge in [0.15, 0.2) is 11.6 Å². The normalized spacial score (nSPS) is 10.4. The number of aromatic nitrogens is 2. The Labute approximate surface area is 84.3 Å². The monoisotopic (exact) mass is 195 g/mol. The molecule has 3 N–H and O–H groups in total. The lowest BCUT2D eigenvalue weighted by atomic mass is 10.3. The number of nitrogens with two attached hydrogens (primary N) is 1. The summed E-state index contributed by atoms with van der Waals surface area (Å²) in [5.74, 6) is 1.43. The van der Waals surface area contributed by atoms with Crippen molar-refractivity contribution < 1.29 is 0 Å². The van der Waals surface area contributed by atoms with E-state index < -0.39 is 0 Å². The first-order chi connectivity index (χ1) is 6.52. The molecule has 1 aromatic rings. The predicted octanol–water partition coefficient (Wildman–Crippen LogP) is 0.945. The smallest absolute Gasteiger partial charge is 0.156 e. The summed E-state index contributed by atoms with van der Waals surface area (Å²) in [7, 11) is 3.80. The largest absolute Gasteiger partial charge is 0.393 e. The van der Waals surface area contributed by atoms with Crippen molar-refractivity contribution in [2.45, 2.75) is 19.9 Å². The maximum absolute atomic E-state index is 5.90. The Bertz CT molecular complexity index is 308. The molecule has 0 radical (unpaired) electrons. The summed E-state index contributed by atoms with van der Waals surface area (Å²) in [5, 5.41) is 3.17. The van der Waals surface area contributed by atoms with Gasteiger partial charge in [-0.15, -0.1) is 0 Å². The quantitative estimate of drug-likeness (QED) is 0.751. The fourth-order valence-corrected chi connectivity index (χ4v) is 1.13. The van der Waals surface area contributed by atoms with Gasteiger partial charge in [0.1, 0.15) is 12.0 Å². The van der Waals surface area contributed by atoms with Crippen LogP contribution in [0.1, 0.15) is 13.8 Å². The summed E-state index contributed by atoms with van der Waals surface area (Å²) in [6.07, 6.45) is 1.51. The van der Waals surface area contributed by atoms with Crippen molar-refractivity contribution in [2.24, 2.45) is 0 Å². The molecule has 1 aromatic heterocycles. The molecule has 0 atom stereocenters. The summed E-state index contributed by atoms with van der Waals surface area (Å²) in [4.78, 5) is 10.0. The van der Waals surface area contributed by atoms with Crippen molar-refractivity contribution in [2.75, 3.05) is 30.0 Å². The Balaban J connectivity index is 3.01. The molecule has 0 aliphatic rings. The maximum atomic E-state index is 5.90. The highest BCUT2D eigenvalue weighted by Crippen LogP contribution is 2.24. The van der Waals surface area contributed by atoms with Crippen molar-refractivity contribution in [3.8, 4) is 0 Å². The molecular formula is C9H17N5. The number of hydrogen-bond acceptors (Lipinski definition) is 5. The van der Waals surface area contributed by atoms with Crippen molar-refractivity contribution in [1.29, 1.82) is 0 Å². The molecule has 5 heteroatoms. The van der Waals surface area contributed by atoms with Gasteiger partial charge in [-0.1, -0.05) is 0 Å². The number of rotatable bonds is 3. The second kappa shape index (κ2) is 4.13. The summed E-state index contributed by atoms with van der Waals surface area (Å²) in [6, 6.07) is 0.308. The summed E-state index contributed by atoms with van der Waals surface area (Å²) >= 11 is 0. The van der Waals surface area contributed by atoms with E-state index in [1.807, 2.05) is 32.8 Å². The zero-order valence-corrected chi connectivity index (χ0v) is 9.07. The lowest BCUT2D eigenvalue weighted by Gasteiger charge is -2.17. The van der Waals surface area contributed by atoms with E-state index in [0.29, 0.717) is 17.5 Å².